The first-order chi connectivity index (χ1) is 11.9. The molecule has 2 rings (SSSR count). The third kappa shape index (κ3) is 5.03. The van der Waals surface area contributed by atoms with E-state index >= 15 is 0 Å². The van der Waals surface area contributed by atoms with E-state index in [4.69, 9.17) is 0 Å². The maximum absolute atomic E-state index is 12.4. The summed E-state index contributed by atoms with van der Waals surface area (Å²) in [7, 11) is 1.72. The standard InChI is InChI=1S/C20H27N3O2/c1-5-7-19-9-6-8-15(2)23(19)14-20(25)21-17-10-12-18(13-11-17)22(4)16(3)24/h5-6,8,10-13,15,19H,1,7,9,14H2,2-4H3,(H,21,25)/t15-,19-/m1/s1. The highest BCUT2D eigenvalue weighted by atomic mass is 16.2. The van der Waals surface area contributed by atoms with Gasteiger partial charge in [-0.1, -0.05) is 18.2 Å². The van der Waals surface area contributed by atoms with Crippen LogP contribution in [0.15, 0.2) is 49.1 Å². The Kier molecular flexibility index (Phi) is 6.53. The fourth-order valence-corrected chi connectivity index (χ4v) is 3.02. The van der Waals surface area contributed by atoms with Crippen molar-refractivity contribution in [3.8, 4) is 0 Å². The third-order valence-corrected chi connectivity index (χ3v) is 4.59. The van der Waals surface area contributed by atoms with E-state index in [9.17, 15) is 9.59 Å². The number of anilines is 2. The number of hydrogen-bond donors (Lipinski definition) is 1. The van der Waals surface area contributed by atoms with Gasteiger partial charge in [0.1, 0.15) is 0 Å². The predicted octanol–water partition coefficient (Wildman–Crippen LogP) is 3.20. The molecule has 5 nitrogen and oxygen atoms in total. The number of hydrogen-bond acceptors (Lipinski definition) is 3. The summed E-state index contributed by atoms with van der Waals surface area (Å²) in [5, 5.41) is 2.93. The quantitative estimate of drug-likeness (QED) is 0.809. The highest BCUT2D eigenvalue weighted by Crippen LogP contribution is 2.21. The van der Waals surface area contributed by atoms with Crippen LogP contribution in [0.2, 0.25) is 0 Å². The summed E-state index contributed by atoms with van der Waals surface area (Å²) in [5.41, 5.74) is 1.53. The molecular formula is C20H27N3O2. The van der Waals surface area contributed by atoms with Crippen LogP contribution in [-0.2, 0) is 9.59 Å². The second-order valence-corrected chi connectivity index (χ2v) is 6.43. The zero-order valence-electron chi connectivity index (χ0n) is 15.2. The molecule has 0 saturated carbocycles. The molecular weight excluding hydrogens is 314 g/mol. The molecule has 0 saturated heterocycles. The summed E-state index contributed by atoms with van der Waals surface area (Å²) in [6.45, 7) is 7.78. The molecule has 0 spiro atoms. The van der Waals surface area contributed by atoms with E-state index in [0.717, 1.165) is 24.2 Å². The van der Waals surface area contributed by atoms with Crippen molar-refractivity contribution in [2.75, 3.05) is 23.8 Å². The van der Waals surface area contributed by atoms with Gasteiger partial charge in [0.15, 0.2) is 0 Å². The molecule has 25 heavy (non-hydrogen) atoms. The predicted molar refractivity (Wildman–Crippen MR) is 103 cm³/mol. The number of rotatable bonds is 6. The molecule has 0 bridgehead atoms. The highest BCUT2D eigenvalue weighted by molar-refractivity contribution is 5.94. The van der Waals surface area contributed by atoms with Crippen molar-refractivity contribution < 1.29 is 9.59 Å². The molecule has 0 aromatic heterocycles. The first-order valence-corrected chi connectivity index (χ1v) is 8.60. The summed E-state index contributed by atoms with van der Waals surface area (Å²) in [6, 6.07) is 7.82. The number of amides is 2. The molecule has 1 aliphatic rings. The fraction of sp³-hybridized carbons (Fsp3) is 0.400. The smallest absolute Gasteiger partial charge is 0.238 e. The first-order valence-electron chi connectivity index (χ1n) is 8.60. The van der Waals surface area contributed by atoms with Gasteiger partial charge in [-0.25, -0.2) is 0 Å². The lowest BCUT2D eigenvalue weighted by Gasteiger charge is -2.36. The molecule has 1 heterocycles. The van der Waals surface area contributed by atoms with E-state index in [0.29, 0.717) is 12.6 Å². The Labute approximate surface area is 150 Å². The van der Waals surface area contributed by atoms with Gasteiger partial charge < -0.3 is 10.2 Å². The van der Waals surface area contributed by atoms with Crippen LogP contribution in [0.3, 0.4) is 0 Å². The monoisotopic (exact) mass is 341 g/mol. The van der Waals surface area contributed by atoms with Crippen molar-refractivity contribution in [1.82, 2.24) is 4.90 Å². The van der Waals surface area contributed by atoms with Gasteiger partial charge in [-0.2, -0.15) is 0 Å². The van der Waals surface area contributed by atoms with Crippen LogP contribution in [0.4, 0.5) is 11.4 Å². The van der Waals surface area contributed by atoms with Crippen molar-refractivity contribution in [3.63, 3.8) is 0 Å². The van der Waals surface area contributed by atoms with Crippen molar-refractivity contribution in [2.45, 2.75) is 38.8 Å². The van der Waals surface area contributed by atoms with Gasteiger partial charge in [0, 0.05) is 37.4 Å². The molecule has 1 aromatic rings. The Balaban J connectivity index is 1.98. The summed E-state index contributed by atoms with van der Waals surface area (Å²) in [4.78, 5) is 27.6. The zero-order chi connectivity index (χ0) is 18.4. The van der Waals surface area contributed by atoms with E-state index in [1.807, 2.05) is 30.3 Å². The Morgan fingerprint density at radius 2 is 2.04 bits per heavy atom. The minimum Gasteiger partial charge on any atom is -0.325 e. The topological polar surface area (TPSA) is 52.7 Å². The average Bonchev–Trinajstić information content (AvgIpc) is 2.58. The second-order valence-electron chi connectivity index (χ2n) is 6.43. The van der Waals surface area contributed by atoms with Crippen LogP contribution < -0.4 is 10.2 Å². The molecule has 0 radical (unpaired) electrons. The van der Waals surface area contributed by atoms with Gasteiger partial charge in [-0.3, -0.25) is 14.5 Å². The van der Waals surface area contributed by atoms with Crippen LogP contribution in [0.5, 0.6) is 0 Å². The molecule has 2 amide bonds. The lowest BCUT2D eigenvalue weighted by molar-refractivity contribution is -0.118. The van der Waals surface area contributed by atoms with Crippen molar-refractivity contribution >= 4 is 23.2 Å². The Morgan fingerprint density at radius 1 is 1.36 bits per heavy atom. The molecule has 1 aliphatic heterocycles. The van der Waals surface area contributed by atoms with E-state index in [2.05, 4.69) is 35.9 Å². The minimum atomic E-state index is -0.0381. The van der Waals surface area contributed by atoms with Crippen LogP contribution >= 0.6 is 0 Å². The van der Waals surface area contributed by atoms with Gasteiger partial charge in [0.2, 0.25) is 11.8 Å². The Bertz CT molecular complexity index is 651. The molecule has 1 aromatic carbocycles. The molecule has 0 aliphatic carbocycles. The number of carbonyl (C=O) groups excluding carboxylic acids is 2. The van der Waals surface area contributed by atoms with Crippen molar-refractivity contribution in [2.24, 2.45) is 0 Å². The lowest BCUT2D eigenvalue weighted by atomic mass is 10.0. The largest absolute Gasteiger partial charge is 0.325 e. The normalized spacial score (nSPS) is 20.1. The van der Waals surface area contributed by atoms with Gasteiger partial charge in [-0.15, -0.1) is 6.58 Å². The molecule has 0 unspecified atom stereocenters. The summed E-state index contributed by atoms with van der Waals surface area (Å²) in [5.74, 6) is -0.0685. The van der Waals surface area contributed by atoms with Gasteiger partial charge >= 0.3 is 0 Å². The molecule has 5 heteroatoms. The van der Waals surface area contributed by atoms with E-state index < -0.39 is 0 Å². The van der Waals surface area contributed by atoms with Gasteiger partial charge in [0.25, 0.3) is 0 Å². The maximum atomic E-state index is 12.4. The van der Waals surface area contributed by atoms with Crippen LogP contribution in [0.25, 0.3) is 0 Å². The Morgan fingerprint density at radius 3 is 2.64 bits per heavy atom. The van der Waals surface area contributed by atoms with Crippen LogP contribution in [0.1, 0.15) is 26.7 Å². The van der Waals surface area contributed by atoms with E-state index in [1.54, 1.807) is 11.9 Å². The highest BCUT2D eigenvalue weighted by Gasteiger charge is 2.25. The van der Waals surface area contributed by atoms with Crippen molar-refractivity contribution in [3.05, 3.63) is 49.1 Å². The summed E-state index contributed by atoms with van der Waals surface area (Å²) < 4.78 is 0. The first kappa shape index (κ1) is 18.9. The number of nitrogens with one attached hydrogen (secondary N) is 1. The molecule has 134 valence electrons. The number of benzene rings is 1. The minimum absolute atomic E-state index is 0.0304. The van der Waals surface area contributed by atoms with Crippen LogP contribution in [-0.4, -0.2) is 42.4 Å². The maximum Gasteiger partial charge on any atom is 0.238 e. The fourth-order valence-electron chi connectivity index (χ4n) is 3.02. The summed E-state index contributed by atoms with van der Waals surface area (Å²) >= 11 is 0. The number of nitrogens with zero attached hydrogens (tertiary/aromatic N) is 2. The molecule has 2 atom stereocenters. The second kappa shape index (κ2) is 8.62. The van der Waals surface area contributed by atoms with Gasteiger partial charge in [-0.05, 0) is 44.0 Å². The average molecular weight is 341 g/mol. The number of carbonyl (C=O) groups is 2. The SMILES string of the molecule is C=CC[C@@H]1CC=C[C@@H](C)N1CC(=O)Nc1ccc(N(C)C(C)=O)cc1. The Hall–Kier alpha value is -2.40. The van der Waals surface area contributed by atoms with Crippen LogP contribution in [0, 0.1) is 0 Å². The van der Waals surface area contributed by atoms with E-state index in [-0.39, 0.29) is 17.9 Å². The summed E-state index contributed by atoms with van der Waals surface area (Å²) in [6.07, 6.45) is 8.03. The van der Waals surface area contributed by atoms with E-state index in [1.165, 1.54) is 6.92 Å². The lowest BCUT2D eigenvalue weighted by Crippen LogP contribution is -2.46. The molecule has 1 N–H and O–H groups in total. The zero-order valence-corrected chi connectivity index (χ0v) is 15.2. The third-order valence-electron chi connectivity index (χ3n) is 4.59. The molecule has 0 fully saturated rings. The van der Waals surface area contributed by atoms with Crippen molar-refractivity contribution in [1.29, 1.82) is 0 Å². The van der Waals surface area contributed by atoms with Gasteiger partial charge in [0.05, 0.1) is 6.54 Å².